The van der Waals surface area contributed by atoms with Gasteiger partial charge in [0, 0.05) is 42.5 Å². The van der Waals surface area contributed by atoms with Crippen molar-refractivity contribution in [2.45, 2.75) is 25.2 Å². The Kier molecular flexibility index (Phi) is 2.81. The van der Waals surface area contributed by atoms with Crippen molar-refractivity contribution < 1.29 is 0 Å². The van der Waals surface area contributed by atoms with Crippen LogP contribution in [0.3, 0.4) is 0 Å². The molecule has 2 heterocycles. The fourth-order valence-corrected chi connectivity index (χ4v) is 2.34. The van der Waals surface area contributed by atoms with E-state index in [1.807, 2.05) is 18.3 Å². The predicted octanol–water partition coefficient (Wildman–Crippen LogP) is 2.41. The molecule has 0 spiro atoms. The van der Waals surface area contributed by atoms with Crippen LogP contribution in [0.5, 0.6) is 0 Å². The number of hydrogen-bond acceptors (Lipinski definition) is 3. The molecule has 0 saturated heterocycles. The summed E-state index contributed by atoms with van der Waals surface area (Å²) < 4.78 is 0. The molecule has 3 rings (SSSR count). The van der Waals surface area contributed by atoms with Gasteiger partial charge in [-0.15, -0.1) is 0 Å². The van der Waals surface area contributed by atoms with Crippen LogP contribution in [0.2, 0.25) is 0 Å². The fourth-order valence-electron chi connectivity index (χ4n) is 2.34. The molecule has 0 atom stereocenters. The van der Waals surface area contributed by atoms with Gasteiger partial charge in [-0.2, -0.15) is 5.26 Å². The SMILES string of the molecule is N#CC1CC(c2ncc(Cc3ccncc3)[nH]2)C1. The molecule has 90 valence electrons. The molecule has 0 radical (unpaired) electrons. The van der Waals surface area contributed by atoms with Crippen molar-refractivity contribution in [3.63, 3.8) is 0 Å². The van der Waals surface area contributed by atoms with E-state index in [0.29, 0.717) is 5.92 Å². The quantitative estimate of drug-likeness (QED) is 0.893. The average Bonchev–Trinajstić information content (AvgIpc) is 2.77. The molecule has 0 amide bonds. The molecule has 4 heteroatoms. The van der Waals surface area contributed by atoms with E-state index in [1.54, 1.807) is 12.4 Å². The topological polar surface area (TPSA) is 65.4 Å². The lowest BCUT2D eigenvalue weighted by Gasteiger charge is -2.28. The second-order valence-corrected chi connectivity index (χ2v) is 4.82. The molecule has 4 nitrogen and oxygen atoms in total. The largest absolute Gasteiger partial charge is 0.345 e. The van der Waals surface area contributed by atoms with Crippen molar-refractivity contribution in [2.24, 2.45) is 5.92 Å². The highest BCUT2D eigenvalue weighted by atomic mass is 14.9. The Morgan fingerprint density at radius 3 is 2.83 bits per heavy atom. The summed E-state index contributed by atoms with van der Waals surface area (Å²) in [4.78, 5) is 11.8. The van der Waals surface area contributed by atoms with Gasteiger partial charge in [-0.05, 0) is 30.5 Å². The first kappa shape index (κ1) is 11.0. The van der Waals surface area contributed by atoms with E-state index in [9.17, 15) is 0 Å². The first-order valence-corrected chi connectivity index (χ1v) is 6.17. The van der Waals surface area contributed by atoms with Gasteiger partial charge < -0.3 is 4.98 Å². The Morgan fingerprint density at radius 1 is 1.33 bits per heavy atom. The van der Waals surface area contributed by atoms with E-state index in [0.717, 1.165) is 30.8 Å². The zero-order chi connectivity index (χ0) is 12.4. The number of pyridine rings is 1. The number of aromatic amines is 1. The molecule has 1 fully saturated rings. The molecule has 18 heavy (non-hydrogen) atoms. The lowest BCUT2D eigenvalue weighted by atomic mass is 9.75. The molecular formula is C14H14N4. The van der Waals surface area contributed by atoms with Crippen LogP contribution in [0.1, 0.15) is 35.8 Å². The highest BCUT2D eigenvalue weighted by Gasteiger charge is 2.32. The minimum Gasteiger partial charge on any atom is -0.345 e. The van der Waals surface area contributed by atoms with Gasteiger partial charge in [0.2, 0.25) is 0 Å². The number of H-pyrrole nitrogens is 1. The summed E-state index contributed by atoms with van der Waals surface area (Å²) in [6.45, 7) is 0. The molecule has 1 N–H and O–H groups in total. The Balaban J connectivity index is 1.66. The van der Waals surface area contributed by atoms with Crippen molar-refractivity contribution in [1.29, 1.82) is 5.26 Å². The molecule has 1 saturated carbocycles. The van der Waals surface area contributed by atoms with Gasteiger partial charge in [0.25, 0.3) is 0 Å². The zero-order valence-electron chi connectivity index (χ0n) is 10.0. The molecular weight excluding hydrogens is 224 g/mol. The molecule has 0 bridgehead atoms. The van der Waals surface area contributed by atoms with Crippen LogP contribution in [0, 0.1) is 17.2 Å². The Bertz CT molecular complexity index is 561. The third-order valence-electron chi connectivity index (χ3n) is 3.50. The van der Waals surface area contributed by atoms with Crippen molar-refractivity contribution >= 4 is 0 Å². The van der Waals surface area contributed by atoms with Crippen molar-refractivity contribution in [3.8, 4) is 6.07 Å². The number of nitriles is 1. The molecule has 1 aliphatic carbocycles. The van der Waals surface area contributed by atoms with Gasteiger partial charge in [-0.25, -0.2) is 4.98 Å². The maximum Gasteiger partial charge on any atom is 0.109 e. The molecule has 2 aromatic rings. The molecule has 0 aromatic carbocycles. The third-order valence-corrected chi connectivity index (χ3v) is 3.50. The highest BCUT2D eigenvalue weighted by molar-refractivity contribution is 5.20. The summed E-state index contributed by atoms with van der Waals surface area (Å²) in [6.07, 6.45) is 8.24. The first-order chi connectivity index (χ1) is 8.85. The Hall–Kier alpha value is -2.15. The summed E-state index contributed by atoms with van der Waals surface area (Å²) in [5, 5.41) is 8.76. The molecule has 1 aliphatic rings. The van der Waals surface area contributed by atoms with Crippen LogP contribution < -0.4 is 0 Å². The predicted molar refractivity (Wildman–Crippen MR) is 66.7 cm³/mol. The smallest absolute Gasteiger partial charge is 0.109 e. The summed E-state index contributed by atoms with van der Waals surface area (Å²) >= 11 is 0. The van der Waals surface area contributed by atoms with E-state index < -0.39 is 0 Å². The standard InChI is InChI=1S/C14H14N4/c15-8-11-5-12(6-11)14-17-9-13(18-14)7-10-1-3-16-4-2-10/h1-4,9,11-12H,5-7H2,(H,17,18). The van der Waals surface area contributed by atoms with Crippen LogP contribution in [0.15, 0.2) is 30.7 Å². The monoisotopic (exact) mass is 238 g/mol. The van der Waals surface area contributed by atoms with Gasteiger partial charge in [0.1, 0.15) is 5.82 Å². The zero-order valence-corrected chi connectivity index (χ0v) is 10.0. The van der Waals surface area contributed by atoms with Gasteiger partial charge >= 0.3 is 0 Å². The summed E-state index contributed by atoms with van der Waals surface area (Å²) in [5.41, 5.74) is 2.35. The third kappa shape index (κ3) is 2.12. The van der Waals surface area contributed by atoms with Gasteiger partial charge in [-0.1, -0.05) is 0 Å². The normalized spacial score (nSPS) is 22.2. The van der Waals surface area contributed by atoms with Gasteiger partial charge in [-0.3, -0.25) is 4.98 Å². The minimum atomic E-state index is 0.226. The van der Waals surface area contributed by atoms with Crippen LogP contribution in [0.4, 0.5) is 0 Å². The van der Waals surface area contributed by atoms with Gasteiger partial charge in [0.15, 0.2) is 0 Å². The number of rotatable bonds is 3. The molecule has 0 unspecified atom stereocenters. The molecule has 0 aliphatic heterocycles. The van der Waals surface area contributed by atoms with Gasteiger partial charge in [0.05, 0.1) is 6.07 Å². The number of hydrogen-bond donors (Lipinski definition) is 1. The number of nitrogens with one attached hydrogen (secondary N) is 1. The maximum absolute atomic E-state index is 8.76. The van der Waals surface area contributed by atoms with E-state index in [-0.39, 0.29) is 5.92 Å². The molecule has 2 aromatic heterocycles. The Labute approximate surface area is 106 Å². The van der Waals surface area contributed by atoms with Crippen LogP contribution in [0.25, 0.3) is 0 Å². The van der Waals surface area contributed by atoms with Crippen molar-refractivity contribution in [3.05, 3.63) is 47.8 Å². The van der Waals surface area contributed by atoms with E-state index in [2.05, 4.69) is 21.0 Å². The Morgan fingerprint density at radius 2 is 2.11 bits per heavy atom. The first-order valence-electron chi connectivity index (χ1n) is 6.17. The highest BCUT2D eigenvalue weighted by Crippen LogP contribution is 2.39. The number of imidazole rings is 1. The summed E-state index contributed by atoms with van der Waals surface area (Å²) in [6, 6.07) is 6.32. The second-order valence-electron chi connectivity index (χ2n) is 4.82. The van der Waals surface area contributed by atoms with Crippen molar-refractivity contribution in [2.75, 3.05) is 0 Å². The van der Waals surface area contributed by atoms with Crippen LogP contribution >= 0.6 is 0 Å². The van der Waals surface area contributed by atoms with E-state index >= 15 is 0 Å². The number of nitrogens with zero attached hydrogens (tertiary/aromatic N) is 3. The average molecular weight is 238 g/mol. The minimum absolute atomic E-state index is 0.226. The van der Waals surface area contributed by atoms with E-state index in [4.69, 9.17) is 5.26 Å². The lowest BCUT2D eigenvalue weighted by Crippen LogP contribution is -2.21. The van der Waals surface area contributed by atoms with Crippen molar-refractivity contribution in [1.82, 2.24) is 15.0 Å². The summed E-state index contributed by atoms with van der Waals surface area (Å²) in [5.74, 6) is 1.70. The summed E-state index contributed by atoms with van der Waals surface area (Å²) in [7, 11) is 0. The van der Waals surface area contributed by atoms with E-state index in [1.165, 1.54) is 5.56 Å². The van der Waals surface area contributed by atoms with Crippen LogP contribution in [-0.4, -0.2) is 15.0 Å². The maximum atomic E-state index is 8.76. The van der Waals surface area contributed by atoms with Crippen LogP contribution in [-0.2, 0) is 6.42 Å². The number of aromatic nitrogens is 3. The second kappa shape index (κ2) is 4.61. The fraction of sp³-hybridized carbons (Fsp3) is 0.357. The lowest BCUT2D eigenvalue weighted by molar-refractivity contribution is 0.320.